The van der Waals surface area contributed by atoms with Crippen LogP contribution in [0.3, 0.4) is 0 Å². The van der Waals surface area contributed by atoms with E-state index >= 15 is 0 Å². The molecule has 0 radical (unpaired) electrons. The van der Waals surface area contributed by atoms with Crippen LogP contribution in [0.25, 0.3) is 0 Å². The number of aliphatic hydroxyl groups excluding tert-OH is 1. The Bertz CT molecular complexity index is 426. The molecule has 0 aliphatic carbocycles. The first-order chi connectivity index (χ1) is 9.74. The van der Waals surface area contributed by atoms with Gasteiger partial charge < -0.3 is 10.0 Å². The van der Waals surface area contributed by atoms with Crippen LogP contribution < -0.4 is 4.90 Å². The van der Waals surface area contributed by atoms with Gasteiger partial charge in [0, 0.05) is 25.3 Å². The van der Waals surface area contributed by atoms with Crippen molar-refractivity contribution in [1.82, 2.24) is 9.88 Å². The van der Waals surface area contributed by atoms with E-state index in [1.165, 1.54) is 38.8 Å². The topological polar surface area (TPSA) is 39.6 Å². The molecule has 3 rings (SSSR count). The molecule has 0 spiro atoms. The van der Waals surface area contributed by atoms with E-state index in [9.17, 15) is 5.11 Å². The highest BCUT2D eigenvalue weighted by atomic mass is 16.3. The summed E-state index contributed by atoms with van der Waals surface area (Å²) in [5, 5.41) is 9.53. The van der Waals surface area contributed by atoms with E-state index in [2.05, 4.69) is 14.8 Å². The summed E-state index contributed by atoms with van der Waals surface area (Å²) in [5.41, 5.74) is 0.889. The van der Waals surface area contributed by atoms with Gasteiger partial charge in [-0.1, -0.05) is 12.5 Å². The van der Waals surface area contributed by atoms with Crippen molar-refractivity contribution in [2.75, 3.05) is 31.1 Å². The molecule has 0 bridgehead atoms. The fraction of sp³-hybridized carbons (Fsp3) is 0.688. The minimum absolute atomic E-state index is 0.434. The molecule has 4 nitrogen and oxygen atoms in total. The third kappa shape index (κ3) is 2.96. The average Bonchev–Trinajstić information content (AvgIpc) is 2.98. The molecule has 0 saturated carbocycles. The largest absolute Gasteiger partial charge is 0.389 e. The number of nitrogens with zero attached hydrogens (tertiary/aromatic N) is 3. The maximum atomic E-state index is 9.53. The first-order valence-corrected chi connectivity index (χ1v) is 7.87. The summed E-state index contributed by atoms with van der Waals surface area (Å²) in [5.74, 6) is 1.05. The van der Waals surface area contributed by atoms with Crippen molar-refractivity contribution in [2.45, 2.75) is 44.8 Å². The fourth-order valence-electron chi connectivity index (χ4n) is 3.36. The van der Waals surface area contributed by atoms with Gasteiger partial charge in [-0.25, -0.2) is 4.98 Å². The molecule has 2 fully saturated rings. The van der Waals surface area contributed by atoms with Crippen LogP contribution in [-0.4, -0.2) is 47.2 Å². The number of rotatable bonds is 3. The van der Waals surface area contributed by atoms with Crippen molar-refractivity contribution in [3.8, 4) is 0 Å². The van der Waals surface area contributed by atoms with Crippen LogP contribution in [0.15, 0.2) is 18.3 Å². The van der Waals surface area contributed by atoms with Crippen molar-refractivity contribution in [3.05, 3.63) is 23.9 Å². The Morgan fingerprint density at radius 3 is 2.65 bits per heavy atom. The normalized spacial score (nSPS) is 25.9. The summed E-state index contributed by atoms with van der Waals surface area (Å²) < 4.78 is 0. The number of hydrogen-bond acceptors (Lipinski definition) is 4. The number of aromatic nitrogens is 1. The maximum absolute atomic E-state index is 9.53. The molecule has 1 aromatic heterocycles. The molecule has 20 heavy (non-hydrogen) atoms. The maximum Gasteiger partial charge on any atom is 0.128 e. The van der Waals surface area contributed by atoms with Crippen molar-refractivity contribution in [3.63, 3.8) is 0 Å². The monoisotopic (exact) mass is 275 g/mol. The molecular formula is C16H25N3O. The summed E-state index contributed by atoms with van der Waals surface area (Å²) in [6.45, 7) is 6.52. The van der Waals surface area contributed by atoms with Gasteiger partial charge in [-0.05, 0) is 50.9 Å². The van der Waals surface area contributed by atoms with Crippen LogP contribution in [0.5, 0.6) is 0 Å². The minimum atomic E-state index is -0.434. The van der Waals surface area contributed by atoms with Crippen molar-refractivity contribution in [1.29, 1.82) is 0 Å². The SMILES string of the molecule is C[C@@H](O)c1ccc(N2CCC(N3CCCCC3)C2)nc1. The lowest BCUT2D eigenvalue weighted by Gasteiger charge is -2.32. The molecule has 1 N–H and O–H groups in total. The Kier molecular flexibility index (Phi) is 4.22. The van der Waals surface area contributed by atoms with Gasteiger partial charge in [0.15, 0.2) is 0 Å². The second-order valence-electron chi connectivity index (χ2n) is 6.11. The molecule has 2 atom stereocenters. The molecule has 0 amide bonds. The van der Waals surface area contributed by atoms with Crippen molar-refractivity contribution in [2.24, 2.45) is 0 Å². The summed E-state index contributed by atoms with van der Waals surface area (Å²) >= 11 is 0. The highest BCUT2D eigenvalue weighted by Crippen LogP contribution is 2.24. The summed E-state index contributed by atoms with van der Waals surface area (Å²) in [4.78, 5) is 9.55. The standard InChI is InChI=1S/C16H25N3O/c1-13(20)14-5-6-16(17-11-14)19-10-7-15(12-19)18-8-3-2-4-9-18/h5-6,11,13,15,20H,2-4,7-10,12H2,1H3/t13-,15?/m1/s1. The first-order valence-electron chi connectivity index (χ1n) is 7.87. The molecule has 2 aliphatic rings. The number of anilines is 1. The van der Waals surface area contributed by atoms with Crippen LogP contribution in [0.1, 0.15) is 44.3 Å². The molecule has 2 aliphatic heterocycles. The van der Waals surface area contributed by atoms with Crippen LogP contribution in [0.4, 0.5) is 5.82 Å². The van der Waals surface area contributed by atoms with Gasteiger partial charge in [0.25, 0.3) is 0 Å². The van der Waals surface area contributed by atoms with Gasteiger partial charge in [0.2, 0.25) is 0 Å². The Morgan fingerprint density at radius 1 is 1.20 bits per heavy atom. The number of hydrogen-bond donors (Lipinski definition) is 1. The summed E-state index contributed by atoms with van der Waals surface area (Å²) in [6, 6.07) is 4.73. The highest BCUT2D eigenvalue weighted by molar-refractivity contribution is 5.41. The van der Waals surface area contributed by atoms with Crippen LogP contribution in [-0.2, 0) is 0 Å². The van der Waals surface area contributed by atoms with E-state index in [-0.39, 0.29) is 0 Å². The second-order valence-corrected chi connectivity index (χ2v) is 6.11. The summed E-state index contributed by atoms with van der Waals surface area (Å²) in [7, 11) is 0. The molecule has 2 saturated heterocycles. The first kappa shape index (κ1) is 13.8. The molecule has 0 aromatic carbocycles. The predicted molar refractivity (Wildman–Crippen MR) is 80.9 cm³/mol. The smallest absolute Gasteiger partial charge is 0.128 e. The van der Waals surface area contributed by atoms with Crippen molar-refractivity contribution >= 4 is 5.82 Å². The van der Waals surface area contributed by atoms with E-state index in [1.807, 2.05) is 12.1 Å². The van der Waals surface area contributed by atoms with E-state index in [4.69, 9.17) is 0 Å². The minimum Gasteiger partial charge on any atom is -0.389 e. The molecule has 3 heterocycles. The van der Waals surface area contributed by atoms with E-state index in [1.54, 1.807) is 13.1 Å². The van der Waals surface area contributed by atoms with Gasteiger partial charge in [0.1, 0.15) is 5.82 Å². The lowest BCUT2D eigenvalue weighted by Crippen LogP contribution is -2.40. The number of pyridine rings is 1. The van der Waals surface area contributed by atoms with E-state index in [0.717, 1.165) is 24.5 Å². The molecular weight excluding hydrogens is 250 g/mol. The van der Waals surface area contributed by atoms with E-state index < -0.39 is 6.10 Å². The van der Waals surface area contributed by atoms with Crippen LogP contribution >= 0.6 is 0 Å². The lowest BCUT2D eigenvalue weighted by molar-refractivity contribution is 0.174. The Balaban J connectivity index is 1.61. The molecule has 4 heteroatoms. The van der Waals surface area contributed by atoms with Gasteiger partial charge in [-0.3, -0.25) is 4.90 Å². The Hall–Kier alpha value is -1.13. The quantitative estimate of drug-likeness (QED) is 0.918. The third-order valence-electron chi connectivity index (χ3n) is 4.65. The Morgan fingerprint density at radius 2 is 2.00 bits per heavy atom. The van der Waals surface area contributed by atoms with Crippen LogP contribution in [0, 0.1) is 0 Å². The van der Waals surface area contributed by atoms with Crippen LogP contribution in [0.2, 0.25) is 0 Å². The molecule has 110 valence electrons. The molecule has 1 aromatic rings. The van der Waals surface area contributed by atoms with Crippen molar-refractivity contribution < 1.29 is 5.11 Å². The number of aliphatic hydroxyl groups is 1. The zero-order chi connectivity index (χ0) is 13.9. The zero-order valence-electron chi connectivity index (χ0n) is 12.3. The number of piperidine rings is 1. The highest BCUT2D eigenvalue weighted by Gasteiger charge is 2.28. The fourth-order valence-corrected chi connectivity index (χ4v) is 3.36. The predicted octanol–water partition coefficient (Wildman–Crippen LogP) is 2.20. The zero-order valence-corrected chi connectivity index (χ0v) is 12.3. The average molecular weight is 275 g/mol. The Labute approximate surface area is 121 Å². The number of likely N-dealkylation sites (tertiary alicyclic amines) is 1. The summed E-state index contributed by atoms with van der Waals surface area (Å²) in [6.07, 6.45) is 6.73. The van der Waals surface area contributed by atoms with E-state index in [0.29, 0.717) is 6.04 Å². The van der Waals surface area contributed by atoms with Gasteiger partial charge in [-0.2, -0.15) is 0 Å². The van der Waals surface area contributed by atoms with Gasteiger partial charge >= 0.3 is 0 Å². The molecule has 1 unspecified atom stereocenters. The lowest BCUT2D eigenvalue weighted by atomic mass is 10.1. The third-order valence-corrected chi connectivity index (χ3v) is 4.65. The van der Waals surface area contributed by atoms with Gasteiger partial charge in [-0.15, -0.1) is 0 Å². The van der Waals surface area contributed by atoms with Gasteiger partial charge in [0.05, 0.1) is 6.10 Å². The second kappa shape index (κ2) is 6.10.